The Morgan fingerprint density at radius 3 is 2.26 bits per heavy atom. The fourth-order valence-electron chi connectivity index (χ4n) is 2.79. The molecule has 126 valence electrons. The number of tetrazole rings is 1. The fraction of sp³-hybridized carbons (Fsp3) is 0.786. The van der Waals surface area contributed by atoms with Crippen LogP contribution in [0, 0.1) is 6.92 Å². The molecule has 2 aromatic rings. The number of nitrogens with zero attached hydrogens (tertiary/aromatic N) is 8. The highest BCUT2D eigenvalue weighted by molar-refractivity contribution is 4.90. The van der Waals surface area contributed by atoms with E-state index >= 15 is 0 Å². The highest BCUT2D eigenvalue weighted by Gasteiger charge is 2.23. The zero-order valence-corrected chi connectivity index (χ0v) is 14.3. The van der Waals surface area contributed by atoms with Gasteiger partial charge in [0.15, 0.2) is 11.6 Å². The number of aryl methyl sites for hydroxylation is 1. The van der Waals surface area contributed by atoms with Gasteiger partial charge in [-0.15, -0.1) is 5.10 Å². The molecular weight excluding hydrogens is 294 g/mol. The van der Waals surface area contributed by atoms with Gasteiger partial charge in [-0.1, -0.05) is 0 Å². The van der Waals surface area contributed by atoms with Gasteiger partial charge in [-0.3, -0.25) is 14.9 Å². The first-order chi connectivity index (χ1) is 10.9. The molecule has 3 rings (SSSR count). The number of aromatic nitrogens is 7. The van der Waals surface area contributed by atoms with Gasteiger partial charge < -0.3 is 0 Å². The Bertz CT molecular complexity index is 631. The van der Waals surface area contributed by atoms with Gasteiger partial charge in [-0.25, -0.2) is 9.67 Å². The molecule has 1 aliphatic heterocycles. The van der Waals surface area contributed by atoms with E-state index in [-0.39, 0.29) is 5.54 Å². The third kappa shape index (κ3) is 3.91. The van der Waals surface area contributed by atoms with E-state index in [1.165, 1.54) is 0 Å². The highest BCUT2D eigenvalue weighted by Crippen LogP contribution is 2.15. The lowest BCUT2D eigenvalue weighted by atomic mass is 10.1. The van der Waals surface area contributed by atoms with Crippen molar-refractivity contribution in [1.29, 1.82) is 0 Å². The van der Waals surface area contributed by atoms with Gasteiger partial charge in [0.2, 0.25) is 0 Å². The molecule has 9 heteroatoms. The molecule has 0 spiro atoms. The van der Waals surface area contributed by atoms with Crippen LogP contribution in [0.3, 0.4) is 0 Å². The molecule has 0 unspecified atom stereocenters. The van der Waals surface area contributed by atoms with Crippen LogP contribution < -0.4 is 0 Å². The monoisotopic (exact) mass is 319 g/mol. The van der Waals surface area contributed by atoms with E-state index in [0.717, 1.165) is 56.7 Å². The van der Waals surface area contributed by atoms with Crippen LogP contribution in [0.25, 0.3) is 0 Å². The molecule has 3 heterocycles. The van der Waals surface area contributed by atoms with Gasteiger partial charge in [0, 0.05) is 26.2 Å². The number of hydrogen-bond acceptors (Lipinski definition) is 7. The number of H-pyrrole nitrogens is 1. The van der Waals surface area contributed by atoms with E-state index in [1.807, 2.05) is 11.6 Å². The van der Waals surface area contributed by atoms with E-state index in [9.17, 15) is 0 Å². The molecule has 0 saturated carbocycles. The fourth-order valence-corrected chi connectivity index (χ4v) is 2.79. The quantitative estimate of drug-likeness (QED) is 0.859. The Hall–Kier alpha value is -1.87. The maximum Gasteiger partial charge on any atom is 0.165 e. The van der Waals surface area contributed by atoms with Gasteiger partial charge in [-0.05, 0) is 38.1 Å². The summed E-state index contributed by atoms with van der Waals surface area (Å²) in [5.41, 5.74) is -0.0931. The lowest BCUT2D eigenvalue weighted by Crippen LogP contribution is -2.46. The zero-order valence-electron chi connectivity index (χ0n) is 14.3. The summed E-state index contributed by atoms with van der Waals surface area (Å²) in [6.45, 7) is 13.9. The minimum atomic E-state index is -0.0931. The first-order valence-electron chi connectivity index (χ1n) is 8.02. The maximum absolute atomic E-state index is 4.37. The van der Waals surface area contributed by atoms with Gasteiger partial charge in [0.05, 0.1) is 18.6 Å². The molecular formula is C14H25N9. The molecule has 0 bridgehead atoms. The third-order valence-electron chi connectivity index (χ3n) is 4.01. The zero-order chi connectivity index (χ0) is 16.4. The van der Waals surface area contributed by atoms with E-state index in [2.05, 4.69) is 61.3 Å². The molecule has 23 heavy (non-hydrogen) atoms. The summed E-state index contributed by atoms with van der Waals surface area (Å²) in [6, 6.07) is 0. The van der Waals surface area contributed by atoms with E-state index < -0.39 is 0 Å². The Balaban J connectivity index is 1.52. The van der Waals surface area contributed by atoms with E-state index in [4.69, 9.17) is 0 Å². The molecule has 0 aliphatic carbocycles. The summed E-state index contributed by atoms with van der Waals surface area (Å²) in [6.07, 6.45) is 0. The topological polar surface area (TPSA) is 91.7 Å². The lowest BCUT2D eigenvalue weighted by molar-refractivity contribution is 0.115. The maximum atomic E-state index is 4.37. The minimum Gasteiger partial charge on any atom is -0.293 e. The van der Waals surface area contributed by atoms with Gasteiger partial charge in [0.1, 0.15) is 5.82 Å². The van der Waals surface area contributed by atoms with E-state index in [0.29, 0.717) is 0 Å². The second-order valence-corrected chi connectivity index (χ2v) is 7.07. The van der Waals surface area contributed by atoms with Crippen LogP contribution in [-0.2, 0) is 18.6 Å². The van der Waals surface area contributed by atoms with Crippen molar-refractivity contribution < 1.29 is 0 Å². The predicted octanol–water partition coefficient (Wildman–Crippen LogP) is 0.172. The van der Waals surface area contributed by atoms with Crippen LogP contribution in [0.5, 0.6) is 0 Å². The predicted molar refractivity (Wildman–Crippen MR) is 84.5 cm³/mol. The van der Waals surface area contributed by atoms with Crippen LogP contribution in [0.1, 0.15) is 38.2 Å². The van der Waals surface area contributed by atoms with Crippen molar-refractivity contribution in [2.75, 3.05) is 26.2 Å². The number of nitrogens with one attached hydrogen (secondary N) is 1. The summed E-state index contributed by atoms with van der Waals surface area (Å²) >= 11 is 0. The average Bonchev–Trinajstić information content (AvgIpc) is 3.10. The number of aromatic amines is 1. The molecule has 0 atom stereocenters. The van der Waals surface area contributed by atoms with Crippen molar-refractivity contribution in [3.05, 3.63) is 17.5 Å². The molecule has 1 aliphatic rings. The molecule has 0 amide bonds. The minimum absolute atomic E-state index is 0.0931. The van der Waals surface area contributed by atoms with Crippen molar-refractivity contribution in [3.63, 3.8) is 0 Å². The molecule has 2 aromatic heterocycles. The number of hydrogen-bond donors (Lipinski definition) is 1. The molecule has 0 aromatic carbocycles. The van der Waals surface area contributed by atoms with Gasteiger partial charge in [0.25, 0.3) is 0 Å². The van der Waals surface area contributed by atoms with E-state index in [1.54, 1.807) is 0 Å². The molecule has 0 radical (unpaired) electrons. The average molecular weight is 319 g/mol. The standard InChI is InChI=1S/C14H25N9/c1-11-15-12(17-16-11)9-21-5-7-22(8-6-21)10-13-18-19-20-23(13)14(2,3)4/h5-10H2,1-4H3,(H,15,16,17). The van der Waals surface area contributed by atoms with Crippen LogP contribution in [0.2, 0.25) is 0 Å². The third-order valence-corrected chi connectivity index (χ3v) is 4.01. The van der Waals surface area contributed by atoms with Crippen molar-refractivity contribution in [1.82, 2.24) is 45.2 Å². The lowest BCUT2D eigenvalue weighted by Gasteiger charge is -2.34. The number of piperazine rings is 1. The first kappa shape index (κ1) is 16.0. The molecule has 1 fully saturated rings. The van der Waals surface area contributed by atoms with Crippen LogP contribution in [0.15, 0.2) is 0 Å². The van der Waals surface area contributed by atoms with Crippen molar-refractivity contribution in [2.45, 2.75) is 46.3 Å². The summed E-state index contributed by atoms with van der Waals surface area (Å²) in [5.74, 6) is 2.66. The highest BCUT2D eigenvalue weighted by atomic mass is 15.6. The summed E-state index contributed by atoms with van der Waals surface area (Å²) in [4.78, 5) is 9.15. The normalized spacial score (nSPS) is 17.7. The Morgan fingerprint density at radius 1 is 1.04 bits per heavy atom. The largest absolute Gasteiger partial charge is 0.293 e. The van der Waals surface area contributed by atoms with Gasteiger partial charge in [-0.2, -0.15) is 5.10 Å². The van der Waals surface area contributed by atoms with Crippen LogP contribution >= 0.6 is 0 Å². The number of rotatable bonds is 4. The summed E-state index contributed by atoms with van der Waals surface area (Å²) in [7, 11) is 0. The summed E-state index contributed by atoms with van der Waals surface area (Å²) < 4.78 is 1.91. The second-order valence-electron chi connectivity index (χ2n) is 7.07. The SMILES string of the molecule is Cc1nc(CN2CCN(Cc3nnnn3C(C)(C)C)CC2)n[nH]1. The molecule has 1 saturated heterocycles. The summed E-state index contributed by atoms with van der Waals surface area (Å²) in [5, 5.41) is 19.2. The Kier molecular flexibility index (Phi) is 4.40. The van der Waals surface area contributed by atoms with Gasteiger partial charge >= 0.3 is 0 Å². The second kappa shape index (κ2) is 6.32. The van der Waals surface area contributed by atoms with Crippen LogP contribution in [-0.4, -0.2) is 71.4 Å². The van der Waals surface area contributed by atoms with Crippen LogP contribution in [0.4, 0.5) is 0 Å². The smallest absolute Gasteiger partial charge is 0.165 e. The Morgan fingerprint density at radius 2 is 1.70 bits per heavy atom. The van der Waals surface area contributed by atoms with Crippen molar-refractivity contribution in [3.8, 4) is 0 Å². The van der Waals surface area contributed by atoms with Crippen molar-refractivity contribution >= 4 is 0 Å². The molecule has 1 N–H and O–H groups in total. The van der Waals surface area contributed by atoms with Crippen molar-refractivity contribution in [2.24, 2.45) is 0 Å². The Labute approximate surface area is 136 Å². The first-order valence-corrected chi connectivity index (χ1v) is 8.02. The molecule has 9 nitrogen and oxygen atoms in total.